The Morgan fingerprint density at radius 2 is 2.27 bits per heavy atom. The van der Waals surface area contributed by atoms with Gasteiger partial charge in [-0.2, -0.15) is 0 Å². The lowest BCUT2D eigenvalue weighted by Crippen LogP contribution is -2.24. The molecule has 0 bridgehead atoms. The molecule has 1 amide bonds. The fourth-order valence-corrected chi connectivity index (χ4v) is 2.80. The predicted octanol–water partition coefficient (Wildman–Crippen LogP) is 1.88. The Morgan fingerprint density at radius 3 is 2.87 bits per heavy atom. The second-order valence-electron chi connectivity index (χ2n) is 4.03. The van der Waals surface area contributed by atoms with Crippen molar-refractivity contribution in [2.24, 2.45) is 5.73 Å². The molecule has 0 aromatic carbocycles. The first-order valence-corrected chi connectivity index (χ1v) is 6.24. The van der Waals surface area contributed by atoms with E-state index in [1.54, 1.807) is 11.3 Å². The number of thiophene rings is 1. The number of amides is 1. The average Bonchev–Trinajstić information content (AvgIpc) is 2.86. The van der Waals surface area contributed by atoms with Gasteiger partial charge in [0.05, 0.1) is 5.56 Å². The third kappa shape index (κ3) is 2.79. The Labute approximate surface area is 93.7 Å². The highest BCUT2D eigenvalue weighted by Gasteiger charge is 2.14. The van der Waals surface area contributed by atoms with E-state index in [0.717, 1.165) is 6.54 Å². The molecule has 4 heteroatoms. The Hall–Kier alpha value is -0.870. The van der Waals surface area contributed by atoms with Crippen LogP contribution in [0, 0.1) is 0 Å². The van der Waals surface area contributed by atoms with E-state index < -0.39 is 0 Å². The van der Waals surface area contributed by atoms with Gasteiger partial charge in [-0.3, -0.25) is 4.79 Å². The molecule has 0 saturated heterocycles. The molecule has 2 rings (SSSR count). The van der Waals surface area contributed by atoms with Crippen LogP contribution in [0.25, 0.3) is 0 Å². The van der Waals surface area contributed by atoms with Crippen molar-refractivity contribution in [1.29, 1.82) is 0 Å². The zero-order chi connectivity index (χ0) is 10.7. The predicted molar refractivity (Wildman–Crippen MR) is 61.9 cm³/mol. The Bertz CT molecular complexity index is 342. The van der Waals surface area contributed by atoms with Crippen molar-refractivity contribution in [3.8, 4) is 0 Å². The minimum absolute atomic E-state index is 0.335. The monoisotopic (exact) mass is 224 g/mol. The summed E-state index contributed by atoms with van der Waals surface area (Å²) in [7, 11) is 0. The van der Waals surface area contributed by atoms with Crippen molar-refractivity contribution < 1.29 is 4.79 Å². The largest absolute Gasteiger partial charge is 0.366 e. The van der Waals surface area contributed by atoms with Gasteiger partial charge in [0.2, 0.25) is 5.91 Å². The van der Waals surface area contributed by atoms with E-state index in [2.05, 4.69) is 5.32 Å². The summed E-state index contributed by atoms with van der Waals surface area (Å²) < 4.78 is 0. The van der Waals surface area contributed by atoms with E-state index >= 15 is 0 Å². The van der Waals surface area contributed by atoms with Crippen LogP contribution < -0.4 is 11.1 Å². The quantitative estimate of drug-likeness (QED) is 0.820. The van der Waals surface area contributed by atoms with Gasteiger partial charge >= 0.3 is 0 Å². The van der Waals surface area contributed by atoms with Crippen LogP contribution in [0.5, 0.6) is 0 Å². The summed E-state index contributed by atoms with van der Waals surface area (Å²) >= 11 is 1.60. The van der Waals surface area contributed by atoms with E-state index in [4.69, 9.17) is 5.73 Å². The molecule has 1 aliphatic rings. The van der Waals surface area contributed by atoms with Gasteiger partial charge in [-0.1, -0.05) is 12.8 Å². The van der Waals surface area contributed by atoms with E-state index in [-0.39, 0.29) is 5.91 Å². The maximum Gasteiger partial charge on any atom is 0.249 e. The van der Waals surface area contributed by atoms with Gasteiger partial charge in [-0.25, -0.2) is 0 Å². The van der Waals surface area contributed by atoms with Crippen molar-refractivity contribution in [1.82, 2.24) is 5.32 Å². The molecular formula is C11H16N2OS. The lowest BCUT2D eigenvalue weighted by atomic mass is 10.2. The van der Waals surface area contributed by atoms with Crippen LogP contribution in [0.3, 0.4) is 0 Å². The van der Waals surface area contributed by atoms with Crippen molar-refractivity contribution in [2.75, 3.05) is 0 Å². The Kier molecular flexibility index (Phi) is 3.38. The minimum Gasteiger partial charge on any atom is -0.366 e. The fourth-order valence-electron chi connectivity index (χ4n) is 1.98. The maximum absolute atomic E-state index is 10.9. The van der Waals surface area contributed by atoms with E-state index in [9.17, 15) is 4.79 Å². The second-order valence-corrected chi connectivity index (χ2v) is 5.02. The fraction of sp³-hybridized carbons (Fsp3) is 0.545. The molecule has 1 saturated carbocycles. The van der Waals surface area contributed by atoms with Crippen molar-refractivity contribution >= 4 is 17.2 Å². The summed E-state index contributed by atoms with van der Waals surface area (Å²) in [5.41, 5.74) is 5.82. The summed E-state index contributed by atoms with van der Waals surface area (Å²) in [6, 6.07) is 2.55. The number of hydrogen-bond donors (Lipinski definition) is 2. The summed E-state index contributed by atoms with van der Waals surface area (Å²) in [4.78, 5) is 12.1. The molecule has 0 spiro atoms. The second kappa shape index (κ2) is 4.77. The van der Waals surface area contributed by atoms with Gasteiger partial charge in [0, 0.05) is 22.8 Å². The molecule has 1 fully saturated rings. The van der Waals surface area contributed by atoms with Crippen LogP contribution >= 0.6 is 11.3 Å². The smallest absolute Gasteiger partial charge is 0.249 e. The zero-order valence-electron chi connectivity index (χ0n) is 8.66. The molecule has 0 unspecified atom stereocenters. The summed E-state index contributed by atoms with van der Waals surface area (Å²) in [6.45, 7) is 0.864. The number of nitrogens with one attached hydrogen (secondary N) is 1. The van der Waals surface area contributed by atoms with Gasteiger partial charge < -0.3 is 11.1 Å². The molecule has 3 N–H and O–H groups in total. The van der Waals surface area contributed by atoms with Gasteiger partial charge in [0.1, 0.15) is 0 Å². The van der Waals surface area contributed by atoms with Crippen LogP contribution in [-0.4, -0.2) is 11.9 Å². The molecule has 1 aromatic heterocycles. The van der Waals surface area contributed by atoms with Crippen molar-refractivity contribution in [2.45, 2.75) is 38.3 Å². The topological polar surface area (TPSA) is 55.1 Å². The first-order chi connectivity index (χ1) is 7.25. The first-order valence-electron chi connectivity index (χ1n) is 5.36. The van der Waals surface area contributed by atoms with E-state index in [0.29, 0.717) is 11.6 Å². The number of nitrogens with two attached hydrogens (primary N) is 1. The molecule has 3 nitrogen and oxygen atoms in total. The van der Waals surface area contributed by atoms with Crippen LogP contribution in [0.4, 0.5) is 0 Å². The minimum atomic E-state index is -0.335. The molecule has 0 radical (unpaired) electrons. The number of carbonyl (C=O) groups excluding carboxylic acids is 1. The van der Waals surface area contributed by atoms with Gasteiger partial charge in [-0.15, -0.1) is 11.3 Å². The van der Waals surface area contributed by atoms with Crippen LogP contribution in [0.15, 0.2) is 11.4 Å². The molecular weight excluding hydrogens is 208 g/mol. The van der Waals surface area contributed by atoms with E-state index in [1.165, 1.54) is 30.6 Å². The van der Waals surface area contributed by atoms with Crippen molar-refractivity contribution in [3.63, 3.8) is 0 Å². The highest BCUT2D eigenvalue weighted by molar-refractivity contribution is 7.10. The highest BCUT2D eigenvalue weighted by Crippen LogP contribution is 2.19. The van der Waals surface area contributed by atoms with Gasteiger partial charge in [0.25, 0.3) is 0 Å². The van der Waals surface area contributed by atoms with Crippen LogP contribution in [0.1, 0.15) is 40.9 Å². The number of hydrogen-bond acceptors (Lipinski definition) is 3. The molecule has 82 valence electrons. The maximum atomic E-state index is 10.9. The molecule has 1 aromatic rings. The normalized spacial score (nSPS) is 17.1. The molecule has 1 aliphatic carbocycles. The summed E-state index contributed by atoms with van der Waals surface area (Å²) in [5, 5.41) is 5.34. The van der Waals surface area contributed by atoms with Crippen molar-refractivity contribution in [3.05, 3.63) is 21.9 Å². The van der Waals surface area contributed by atoms with E-state index in [1.807, 2.05) is 11.4 Å². The third-order valence-corrected chi connectivity index (χ3v) is 3.80. The summed E-state index contributed by atoms with van der Waals surface area (Å²) in [5.74, 6) is -0.335. The van der Waals surface area contributed by atoms with Crippen LogP contribution in [0.2, 0.25) is 0 Å². The first kappa shape index (κ1) is 10.6. The zero-order valence-corrected chi connectivity index (χ0v) is 9.48. The molecule has 15 heavy (non-hydrogen) atoms. The van der Waals surface area contributed by atoms with Gasteiger partial charge in [0.15, 0.2) is 0 Å². The molecule has 0 aliphatic heterocycles. The van der Waals surface area contributed by atoms with Crippen LogP contribution in [-0.2, 0) is 6.54 Å². The SMILES string of the molecule is NC(=O)c1csc(CNC2CCCC2)c1. The number of primary amides is 1. The summed E-state index contributed by atoms with van der Waals surface area (Å²) in [6.07, 6.45) is 5.26. The average molecular weight is 224 g/mol. The lowest BCUT2D eigenvalue weighted by Gasteiger charge is -2.09. The highest BCUT2D eigenvalue weighted by atomic mass is 32.1. The third-order valence-electron chi connectivity index (χ3n) is 2.86. The Morgan fingerprint density at radius 1 is 1.53 bits per heavy atom. The number of carbonyl (C=O) groups is 1. The lowest BCUT2D eigenvalue weighted by molar-refractivity contribution is 0.100. The van der Waals surface area contributed by atoms with Gasteiger partial charge in [-0.05, 0) is 18.9 Å². The standard InChI is InChI=1S/C11H16N2OS/c12-11(14)8-5-10(15-7-8)6-13-9-3-1-2-4-9/h5,7,9,13H,1-4,6H2,(H2,12,14). The number of rotatable bonds is 4. The molecule has 1 heterocycles. The Balaban J connectivity index is 1.84. The molecule has 0 atom stereocenters.